The lowest BCUT2D eigenvalue weighted by Gasteiger charge is -2.27. The van der Waals surface area contributed by atoms with Gasteiger partial charge in [-0.1, -0.05) is 25.8 Å². The third-order valence-corrected chi connectivity index (χ3v) is 4.30. The second-order valence-corrected chi connectivity index (χ2v) is 6.35. The van der Waals surface area contributed by atoms with Gasteiger partial charge in [0.15, 0.2) is 11.5 Å². The van der Waals surface area contributed by atoms with E-state index in [1.807, 2.05) is 12.1 Å². The zero-order valence-electron chi connectivity index (χ0n) is 14.5. The Morgan fingerprint density at radius 3 is 2.88 bits per heavy atom. The molecule has 1 saturated carbocycles. The zero-order chi connectivity index (χ0) is 17.4. The highest BCUT2D eigenvalue weighted by Crippen LogP contribution is 2.28. The van der Waals surface area contributed by atoms with Crippen molar-refractivity contribution in [1.29, 1.82) is 0 Å². The molecule has 0 radical (unpaired) electrons. The molecule has 1 fully saturated rings. The molecule has 0 saturated heterocycles. The molecular formula is C18H28N2O4. The first-order chi connectivity index (χ1) is 11.6. The average Bonchev–Trinajstić information content (AvgIpc) is 2.58. The molecule has 2 amide bonds. The van der Waals surface area contributed by atoms with Crippen molar-refractivity contribution >= 4 is 6.03 Å². The van der Waals surface area contributed by atoms with Gasteiger partial charge in [0.25, 0.3) is 0 Å². The topological polar surface area (TPSA) is 79.8 Å². The van der Waals surface area contributed by atoms with Crippen molar-refractivity contribution in [2.24, 2.45) is 5.92 Å². The number of carbonyl (C=O) groups excluding carboxylic acids is 1. The fourth-order valence-electron chi connectivity index (χ4n) is 3.08. The molecule has 1 aliphatic carbocycles. The van der Waals surface area contributed by atoms with Crippen molar-refractivity contribution in [1.82, 2.24) is 10.6 Å². The molecule has 0 aliphatic heterocycles. The van der Waals surface area contributed by atoms with Crippen molar-refractivity contribution in [3.8, 4) is 11.5 Å². The largest absolute Gasteiger partial charge is 0.493 e. The molecule has 0 bridgehead atoms. The van der Waals surface area contributed by atoms with Crippen molar-refractivity contribution in [2.75, 3.05) is 20.3 Å². The predicted molar refractivity (Wildman–Crippen MR) is 92.4 cm³/mol. The van der Waals surface area contributed by atoms with Gasteiger partial charge < -0.3 is 25.2 Å². The van der Waals surface area contributed by atoms with Crippen LogP contribution in [0.1, 0.15) is 38.2 Å². The van der Waals surface area contributed by atoms with Gasteiger partial charge in [0, 0.05) is 12.6 Å². The van der Waals surface area contributed by atoms with Crippen LogP contribution in [-0.4, -0.2) is 37.5 Å². The first kappa shape index (κ1) is 18.4. The maximum Gasteiger partial charge on any atom is 0.315 e. The van der Waals surface area contributed by atoms with E-state index in [0.717, 1.165) is 18.4 Å². The molecule has 134 valence electrons. The molecular weight excluding hydrogens is 308 g/mol. The molecule has 2 rings (SSSR count). The minimum absolute atomic E-state index is 0.0492. The molecule has 1 aliphatic rings. The molecule has 0 spiro atoms. The first-order valence-electron chi connectivity index (χ1n) is 8.57. The van der Waals surface area contributed by atoms with E-state index in [9.17, 15) is 4.79 Å². The summed E-state index contributed by atoms with van der Waals surface area (Å²) in [5, 5.41) is 14.8. The van der Waals surface area contributed by atoms with Crippen LogP contribution in [0, 0.1) is 5.92 Å². The summed E-state index contributed by atoms with van der Waals surface area (Å²) in [6.45, 7) is 2.83. The van der Waals surface area contributed by atoms with Crippen LogP contribution in [0.2, 0.25) is 0 Å². The van der Waals surface area contributed by atoms with Gasteiger partial charge in [-0.3, -0.25) is 0 Å². The van der Waals surface area contributed by atoms with Crippen molar-refractivity contribution < 1.29 is 19.4 Å². The number of rotatable bonds is 7. The maximum atomic E-state index is 12.0. The summed E-state index contributed by atoms with van der Waals surface area (Å²) < 4.78 is 10.7. The SMILES string of the molecule is COc1cc(CNC(=O)N[C@H]2CCC[C@H](C)C2)ccc1OCCO. The van der Waals surface area contributed by atoms with Crippen LogP contribution < -0.4 is 20.1 Å². The number of ether oxygens (including phenoxy) is 2. The van der Waals surface area contributed by atoms with Crippen LogP contribution in [0.5, 0.6) is 11.5 Å². The highest BCUT2D eigenvalue weighted by atomic mass is 16.5. The molecule has 1 aromatic rings. The van der Waals surface area contributed by atoms with Gasteiger partial charge >= 0.3 is 6.03 Å². The Morgan fingerprint density at radius 2 is 2.17 bits per heavy atom. The van der Waals surface area contributed by atoms with Crippen LogP contribution in [0.4, 0.5) is 4.79 Å². The molecule has 6 nitrogen and oxygen atoms in total. The van der Waals surface area contributed by atoms with E-state index >= 15 is 0 Å². The minimum atomic E-state index is -0.131. The van der Waals surface area contributed by atoms with E-state index in [0.29, 0.717) is 24.0 Å². The number of methoxy groups -OCH3 is 1. The Morgan fingerprint density at radius 1 is 1.33 bits per heavy atom. The summed E-state index contributed by atoms with van der Waals surface area (Å²) in [5.74, 6) is 1.85. The van der Waals surface area contributed by atoms with E-state index in [1.54, 1.807) is 13.2 Å². The summed E-state index contributed by atoms with van der Waals surface area (Å²) >= 11 is 0. The van der Waals surface area contributed by atoms with Gasteiger partial charge in [-0.05, 0) is 36.5 Å². The number of hydrogen-bond acceptors (Lipinski definition) is 4. The molecule has 2 atom stereocenters. The van der Waals surface area contributed by atoms with Gasteiger partial charge in [-0.15, -0.1) is 0 Å². The molecule has 6 heteroatoms. The molecule has 3 N–H and O–H groups in total. The van der Waals surface area contributed by atoms with E-state index in [2.05, 4.69) is 17.6 Å². The summed E-state index contributed by atoms with van der Waals surface area (Å²) in [6.07, 6.45) is 4.55. The van der Waals surface area contributed by atoms with Crippen LogP contribution in [-0.2, 0) is 6.54 Å². The monoisotopic (exact) mass is 336 g/mol. The van der Waals surface area contributed by atoms with E-state index < -0.39 is 0 Å². The Balaban J connectivity index is 1.83. The molecule has 0 aromatic heterocycles. The van der Waals surface area contributed by atoms with Crippen LogP contribution in [0.3, 0.4) is 0 Å². The number of nitrogens with one attached hydrogen (secondary N) is 2. The molecule has 0 heterocycles. The molecule has 24 heavy (non-hydrogen) atoms. The van der Waals surface area contributed by atoms with Crippen LogP contribution in [0.15, 0.2) is 18.2 Å². The zero-order valence-corrected chi connectivity index (χ0v) is 14.5. The van der Waals surface area contributed by atoms with Gasteiger partial charge in [-0.25, -0.2) is 4.79 Å². The van der Waals surface area contributed by atoms with Gasteiger partial charge in [0.2, 0.25) is 0 Å². The number of amides is 2. The quantitative estimate of drug-likeness (QED) is 0.714. The van der Waals surface area contributed by atoms with Gasteiger partial charge in [0.1, 0.15) is 6.61 Å². The van der Waals surface area contributed by atoms with E-state index in [-0.39, 0.29) is 25.3 Å². The van der Waals surface area contributed by atoms with Gasteiger partial charge in [-0.2, -0.15) is 0 Å². The summed E-state index contributed by atoms with van der Waals surface area (Å²) in [7, 11) is 1.56. The maximum absolute atomic E-state index is 12.0. The Bertz CT molecular complexity index is 536. The van der Waals surface area contributed by atoms with E-state index in [4.69, 9.17) is 14.6 Å². The standard InChI is InChI=1S/C18H28N2O4/c1-13-4-3-5-15(10-13)20-18(22)19-12-14-6-7-16(24-9-8-21)17(11-14)23-2/h6-7,11,13,15,21H,3-5,8-10,12H2,1-2H3,(H2,19,20,22)/t13-,15-/m0/s1. The Labute approximate surface area is 143 Å². The van der Waals surface area contributed by atoms with Crippen LogP contribution in [0.25, 0.3) is 0 Å². The number of hydrogen-bond donors (Lipinski definition) is 3. The molecule has 1 aromatic carbocycles. The third-order valence-electron chi connectivity index (χ3n) is 4.30. The fourth-order valence-corrected chi connectivity index (χ4v) is 3.08. The second kappa shape index (κ2) is 9.37. The first-order valence-corrected chi connectivity index (χ1v) is 8.57. The Hall–Kier alpha value is -1.95. The number of aliphatic hydroxyl groups is 1. The normalized spacial score (nSPS) is 20.3. The van der Waals surface area contributed by atoms with Gasteiger partial charge in [0.05, 0.1) is 13.7 Å². The molecule has 0 unspecified atom stereocenters. The highest BCUT2D eigenvalue weighted by Gasteiger charge is 2.20. The Kier molecular flexibility index (Phi) is 7.18. The number of aliphatic hydroxyl groups excluding tert-OH is 1. The summed E-state index contributed by atoms with van der Waals surface area (Å²) in [4.78, 5) is 12.0. The second-order valence-electron chi connectivity index (χ2n) is 6.35. The number of benzene rings is 1. The average molecular weight is 336 g/mol. The lowest BCUT2D eigenvalue weighted by molar-refractivity contribution is 0.196. The van der Waals surface area contributed by atoms with Crippen molar-refractivity contribution in [3.05, 3.63) is 23.8 Å². The lowest BCUT2D eigenvalue weighted by atomic mass is 9.87. The summed E-state index contributed by atoms with van der Waals surface area (Å²) in [6, 6.07) is 5.63. The third kappa shape index (κ3) is 5.60. The van der Waals surface area contributed by atoms with Crippen LogP contribution >= 0.6 is 0 Å². The minimum Gasteiger partial charge on any atom is -0.493 e. The number of urea groups is 1. The van der Waals surface area contributed by atoms with E-state index in [1.165, 1.54) is 12.8 Å². The summed E-state index contributed by atoms with van der Waals surface area (Å²) in [5.41, 5.74) is 0.926. The predicted octanol–water partition coefficient (Wildman–Crippen LogP) is 2.44. The van der Waals surface area contributed by atoms with Crippen molar-refractivity contribution in [3.63, 3.8) is 0 Å². The lowest BCUT2D eigenvalue weighted by Crippen LogP contribution is -2.43. The van der Waals surface area contributed by atoms with Crippen molar-refractivity contribution in [2.45, 2.75) is 45.2 Å². The number of carbonyl (C=O) groups is 1. The smallest absolute Gasteiger partial charge is 0.315 e. The highest BCUT2D eigenvalue weighted by molar-refractivity contribution is 5.74. The fraction of sp³-hybridized carbons (Fsp3) is 0.611.